The van der Waals surface area contributed by atoms with E-state index in [2.05, 4.69) is 20.7 Å². The summed E-state index contributed by atoms with van der Waals surface area (Å²) < 4.78 is 0. The lowest BCUT2D eigenvalue weighted by atomic mass is 9.88. The molecule has 0 aromatic carbocycles. The second kappa shape index (κ2) is 7.01. The third-order valence-electron chi connectivity index (χ3n) is 5.47. The molecule has 0 radical (unpaired) electrons. The Balaban J connectivity index is 1.22. The van der Waals surface area contributed by atoms with E-state index in [-0.39, 0.29) is 0 Å². The van der Waals surface area contributed by atoms with Gasteiger partial charge in [-0.15, -0.1) is 11.3 Å². The third-order valence-corrected chi connectivity index (χ3v) is 6.38. The predicted octanol–water partition coefficient (Wildman–Crippen LogP) is 3.69. The Bertz CT molecular complexity index is 700. The zero-order chi connectivity index (χ0) is 16.4. The number of nitrogens with zero attached hydrogens (tertiary/aromatic N) is 2. The molecule has 2 aliphatic carbocycles. The summed E-state index contributed by atoms with van der Waals surface area (Å²) in [6, 6.07) is 3.96. The number of carbonyl (C=O) groups excluding carboxylic acids is 1. The number of aromatic nitrogens is 2. The van der Waals surface area contributed by atoms with Gasteiger partial charge in [-0.3, -0.25) is 9.78 Å². The highest BCUT2D eigenvalue weighted by atomic mass is 32.1. The number of hydrogen-bond donors (Lipinski definition) is 1. The van der Waals surface area contributed by atoms with Crippen LogP contribution in [0.3, 0.4) is 0 Å². The number of thiazole rings is 1. The highest BCUT2D eigenvalue weighted by molar-refractivity contribution is 7.09. The van der Waals surface area contributed by atoms with Crippen LogP contribution in [-0.2, 0) is 11.2 Å². The van der Waals surface area contributed by atoms with Crippen molar-refractivity contribution < 1.29 is 4.79 Å². The normalized spacial score (nSPS) is 25.1. The van der Waals surface area contributed by atoms with E-state index in [0.29, 0.717) is 17.7 Å². The molecule has 3 unspecified atom stereocenters. The number of amides is 1. The smallest absolute Gasteiger partial charge is 0.223 e. The maximum absolute atomic E-state index is 12.3. The number of hydrogen-bond acceptors (Lipinski definition) is 4. The zero-order valence-corrected chi connectivity index (χ0v) is 14.6. The first-order chi connectivity index (χ1) is 11.8. The number of nitrogens with one attached hydrogen (secondary N) is 1. The molecule has 2 saturated carbocycles. The van der Waals surface area contributed by atoms with E-state index < -0.39 is 0 Å². The molecule has 3 atom stereocenters. The maximum Gasteiger partial charge on any atom is 0.223 e. The van der Waals surface area contributed by atoms with Crippen molar-refractivity contribution in [2.45, 2.75) is 38.5 Å². The van der Waals surface area contributed by atoms with E-state index in [1.807, 2.05) is 12.1 Å². The summed E-state index contributed by atoms with van der Waals surface area (Å²) >= 11 is 1.69. The molecule has 4 rings (SSSR count). The van der Waals surface area contributed by atoms with E-state index >= 15 is 0 Å². The molecule has 2 fully saturated rings. The highest BCUT2D eigenvalue weighted by Gasteiger charge is 2.42. The van der Waals surface area contributed by atoms with Crippen LogP contribution >= 0.6 is 11.3 Å². The fourth-order valence-electron chi connectivity index (χ4n) is 4.23. The molecule has 2 bridgehead atoms. The Hall–Kier alpha value is -1.75. The largest absolute Gasteiger partial charge is 0.356 e. The standard InChI is InChI=1S/C19H23N3OS/c23-19(16-11-13-3-4-15(16)10-13)21-7-1-2-18-22-17(12-24-18)14-5-8-20-9-6-14/h5-6,8-9,12-13,15-16H,1-4,7,10-11H2,(H,21,23). The molecular weight excluding hydrogens is 318 g/mol. The van der Waals surface area contributed by atoms with Crippen molar-refractivity contribution in [2.24, 2.45) is 17.8 Å². The second-order valence-corrected chi connectivity index (χ2v) is 7.98. The first-order valence-electron chi connectivity index (χ1n) is 8.92. The molecule has 4 nitrogen and oxygen atoms in total. The van der Waals surface area contributed by atoms with Crippen LogP contribution in [0.4, 0.5) is 0 Å². The molecule has 2 heterocycles. The molecule has 1 N–H and O–H groups in total. The summed E-state index contributed by atoms with van der Waals surface area (Å²) in [6.07, 6.45) is 10.5. The number of carbonyl (C=O) groups is 1. The van der Waals surface area contributed by atoms with E-state index in [0.717, 1.165) is 48.0 Å². The Morgan fingerprint density at radius 1 is 1.25 bits per heavy atom. The molecule has 0 aliphatic heterocycles. The SMILES string of the molecule is O=C(NCCCc1nc(-c2ccncc2)cs1)C1CC2CCC1C2. The van der Waals surface area contributed by atoms with Crippen molar-refractivity contribution >= 4 is 17.2 Å². The Morgan fingerprint density at radius 2 is 2.12 bits per heavy atom. The number of pyridine rings is 1. The number of fused-ring (bicyclic) bond motifs is 2. The average molecular weight is 341 g/mol. The first-order valence-corrected chi connectivity index (χ1v) is 9.80. The number of rotatable bonds is 6. The lowest BCUT2D eigenvalue weighted by Gasteiger charge is -2.20. The fraction of sp³-hybridized carbons (Fsp3) is 0.526. The van der Waals surface area contributed by atoms with Gasteiger partial charge >= 0.3 is 0 Å². The van der Waals surface area contributed by atoms with E-state index in [1.165, 1.54) is 19.3 Å². The van der Waals surface area contributed by atoms with E-state index in [1.54, 1.807) is 23.7 Å². The lowest BCUT2D eigenvalue weighted by Crippen LogP contribution is -2.34. The molecule has 2 aromatic heterocycles. The number of aryl methyl sites for hydroxylation is 1. The van der Waals surface area contributed by atoms with Crippen molar-refractivity contribution in [2.75, 3.05) is 6.54 Å². The van der Waals surface area contributed by atoms with Crippen LogP contribution in [0.15, 0.2) is 29.9 Å². The highest BCUT2D eigenvalue weighted by Crippen LogP contribution is 2.48. The summed E-state index contributed by atoms with van der Waals surface area (Å²) in [5.74, 6) is 2.07. The van der Waals surface area contributed by atoms with Crippen molar-refractivity contribution in [3.63, 3.8) is 0 Å². The molecule has 5 heteroatoms. The van der Waals surface area contributed by atoms with Crippen LogP contribution in [0.5, 0.6) is 0 Å². The van der Waals surface area contributed by atoms with Gasteiger partial charge in [0.2, 0.25) is 5.91 Å². The van der Waals surface area contributed by atoms with Crippen LogP contribution in [0.25, 0.3) is 11.3 Å². The first kappa shape index (κ1) is 15.8. The van der Waals surface area contributed by atoms with Gasteiger partial charge < -0.3 is 5.32 Å². The van der Waals surface area contributed by atoms with E-state index in [9.17, 15) is 4.79 Å². The third kappa shape index (κ3) is 3.36. The van der Waals surface area contributed by atoms with Crippen molar-refractivity contribution in [3.05, 3.63) is 34.9 Å². The topological polar surface area (TPSA) is 54.9 Å². The van der Waals surface area contributed by atoms with Gasteiger partial charge in [-0.1, -0.05) is 6.42 Å². The lowest BCUT2D eigenvalue weighted by molar-refractivity contribution is -0.126. The summed E-state index contributed by atoms with van der Waals surface area (Å²) in [4.78, 5) is 21.0. The maximum atomic E-state index is 12.3. The van der Waals surface area contributed by atoms with Crippen LogP contribution < -0.4 is 5.32 Å². The van der Waals surface area contributed by atoms with Gasteiger partial charge in [-0.25, -0.2) is 4.98 Å². The predicted molar refractivity (Wildman–Crippen MR) is 95.6 cm³/mol. The molecule has 126 valence electrons. The average Bonchev–Trinajstić information content (AvgIpc) is 3.35. The summed E-state index contributed by atoms with van der Waals surface area (Å²) in [5, 5.41) is 6.38. The van der Waals surface area contributed by atoms with Gasteiger partial charge in [-0.05, 0) is 49.7 Å². The molecule has 24 heavy (non-hydrogen) atoms. The molecule has 0 saturated heterocycles. The minimum atomic E-state index is 0.291. The summed E-state index contributed by atoms with van der Waals surface area (Å²) in [5.41, 5.74) is 2.13. The summed E-state index contributed by atoms with van der Waals surface area (Å²) in [6.45, 7) is 0.761. The van der Waals surface area contributed by atoms with Crippen molar-refractivity contribution in [3.8, 4) is 11.3 Å². The fourth-order valence-corrected chi connectivity index (χ4v) is 5.08. The minimum absolute atomic E-state index is 0.291. The Labute approximate surface area is 146 Å². The Morgan fingerprint density at radius 3 is 2.88 bits per heavy atom. The van der Waals surface area contributed by atoms with Crippen molar-refractivity contribution in [1.82, 2.24) is 15.3 Å². The molecule has 0 spiro atoms. The van der Waals surface area contributed by atoms with Crippen LogP contribution in [0, 0.1) is 17.8 Å². The van der Waals surface area contributed by atoms with Gasteiger partial charge in [0.05, 0.1) is 10.7 Å². The van der Waals surface area contributed by atoms with Crippen molar-refractivity contribution in [1.29, 1.82) is 0 Å². The molecule has 2 aliphatic rings. The second-order valence-electron chi connectivity index (χ2n) is 7.04. The van der Waals surface area contributed by atoms with Crippen LogP contribution in [-0.4, -0.2) is 22.4 Å². The van der Waals surface area contributed by atoms with E-state index in [4.69, 9.17) is 0 Å². The van der Waals surface area contributed by atoms with Gasteiger partial charge in [0, 0.05) is 42.2 Å². The molecular formula is C19H23N3OS. The molecule has 1 amide bonds. The van der Waals surface area contributed by atoms with Crippen LogP contribution in [0.1, 0.15) is 37.1 Å². The van der Waals surface area contributed by atoms with Gasteiger partial charge in [-0.2, -0.15) is 0 Å². The van der Waals surface area contributed by atoms with Gasteiger partial charge in [0.15, 0.2) is 0 Å². The quantitative estimate of drug-likeness (QED) is 0.815. The summed E-state index contributed by atoms with van der Waals surface area (Å²) in [7, 11) is 0. The minimum Gasteiger partial charge on any atom is -0.356 e. The van der Waals surface area contributed by atoms with Gasteiger partial charge in [0.1, 0.15) is 0 Å². The van der Waals surface area contributed by atoms with Crippen LogP contribution in [0.2, 0.25) is 0 Å². The monoisotopic (exact) mass is 341 g/mol. The van der Waals surface area contributed by atoms with Gasteiger partial charge in [0.25, 0.3) is 0 Å². The zero-order valence-electron chi connectivity index (χ0n) is 13.8. The Kier molecular flexibility index (Phi) is 4.60. The molecule has 2 aromatic rings.